The Hall–Kier alpha value is -1.03. The first-order valence-electron chi connectivity index (χ1n) is 4.88. The van der Waals surface area contributed by atoms with Crippen molar-refractivity contribution in [2.24, 2.45) is 10.7 Å². The first-order chi connectivity index (χ1) is 6.56. The second-order valence-electron chi connectivity index (χ2n) is 3.86. The van der Waals surface area contributed by atoms with Crippen LogP contribution in [0.3, 0.4) is 0 Å². The summed E-state index contributed by atoms with van der Waals surface area (Å²) in [6, 6.07) is 0. The third kappa shape index (κ3) is 2.73. The molecular weight excluding hydrogens is 180 g/mol. The molecule has 0 saturated carbocycles. The van der Waals surface area contributed by atoms with Gasteiger partial charge in [0.05, 0.1) is 5.71 Å². The van der Waals surface area contributed by atoms with Crippen LogP contribution in [0.2, 0.25) is 0 Å². The normalized spacial score (nSPS) is 22.2. The third-order valence-corrected chi connectivity index (χ3v) is 2.12. The van der Waals surface area contributed by atoms with E-state index >= 15 is 0 Å². The van der Waals surface area contributed by atoms with Crippen molar-refractivity contribution in [2.45, 2.75) is 32.3 Å². The van der Waals surface area contributed by atoms with Crippen LogP contribution in [0, 0.1) is 0 Å². The topological polar surface area (TPSA) is 67.8 Å². The average Bonchev–Trinajstić information content (AvgIpc) is 2.33. The Morgan fingerprint density at radius 3 is 2.71 bits per heavy atom. The number of aliphatic hydroxyl groups is 1. The van der Waals surface area contributed by atoms with Crippen molar-refractivity contribution in [3.8, 4) is 0 Å². The highest BCUT2D eigenvalue weighted by molar-refractivity contribution is 6.03. The number of rotatable bonds is 4. The molecule has 1 aliphatic heterocycles. The van der Waals surface area contributed by atoms with E-state index in [1.165, 1.54) is 0 Å². The van der Waals surface area contributed by atoms with Crippen molar-refractivity contribution in [3.63, 3.8) is 0 Å². The van der Waals surface area contributed by atoms with E-state index in [1.54, 1.807) is 6.08 Å². The van der Waals surface area contributed by atoms with Gasteiger partial charge in [0.25, 0.3) is 0 Å². The monoisotopic (exact) mass is 198 g/mol. The van der Waals surface area contributed by atoms with E-state index in [-0.39, 0.29) is 6.61 Å². The van der Waals surface area contributed by atoms with Crippen LogP contribution in [0.5, 0.6) is 0 Å². The van der Waals surface area contributed by atoms with Crippen molar-refractivity contribution in [1.82, 2.24) is 0 Å². The Morgan fingerprint density at radius 1 is 1.50 bits per heavy atom. The fraction of sp³-hybridized carbons (Fsp3) is 0.700. The summed E-state index contributed by atoms with van der Waals surface area (Å²) >= 11 is 0. The standard InChI is InChI=1S/C10H18N2O2/c1-10(2)8(7-9(11)14-10)12-5-3-4-6-13/h7,13H,3-6,11H2,1-2H3. The molecule has 0 spiro atoms. The van der Waals surface area contributed by atoms with Gasteiger partial charge in [-0.1, -0.05) is 0 Å². The largest absolute Gasteiger partial charge is 0.467 e. The Bertz CT molecular complexity index is 257. The number of nitrogens with zero attached hydrogens (tertiary/aromatic N) is 1. The second kappa shape index (κ2) is 4.46. The first-order valence-corrected chi connectivity index (χ1v) is 4.88. The van der Waals surface area contributed by atoms with Crippen LogP contribution in [0.4, 0.5) is 0 Å². The van der Waals surface area contributed by atoms with Crippen LogP contribution in [0.15, 0.2) is 17.0 Å². The highest BCUT2D eigenvalue weighted by atomic mass is 16.5. The lowest BCUT2D eigenvalue weighted by Crippen LogP contribution is -2.29. The molecule has 1 rings (SSSR count). The van der Waals surface area contributed by atoms with E-state index in [1.807, 2.05) is 13.8 Å². The number of aliphatic imine (C=N–C) groups is 1. The number of aliphatic hydroxyl groups excluding tert-OH is 1. The molecule has 0 aromatic heterocycles. The third-order valence-electron chi connectivity index (χ3n) is 2.12. The molecule has 0 fully saturated rings. The van der Waals surface area contributed by atoms with Crippen LogP contribution < -0.4 is 5.73 Å². The fourth-order valence-corrected chi connectivity index (χ4v) is 1.34. The summed E-state index contributed by atoms with van der Waals surface area (Å²) in [6.07, 6.45) is 3.44. The lowest BCUT2D eigenvalue weighted by Gasteiger charge is -2.19. The minimum Gasteiger partial charge on any atom is -0.467 e. The summed E-state index contributed by atoms with van der Waals surface area (Å²) in [7, 11) is 0. The van der Waals surface area contributed by atoms with Crippen LogP contribution in [-0.2, 0) is 4.74 Å². The van der Waals surface area contributed by atoms with Gasteiger partial charge in [0.15, 0.2) is 5.88 Å². The molecule has 1 aliphatic rings. The Kier molecular flexibility index (Phi) is 3.52. The van der Waals surface area contributed by atoms with Crippen molar-refractivity contribution < 1.29 is 9.84 Å². The molecule has 0 unspecified atom stereocenters. The Labute approximate surface area is 84.5 Å². The molecule has 0 bridgehead atoms. The van der Waals surface area contributed by atoms with Gasteiger partial charge < -0.3 is 15.6 Å². The quantitative estimate of drug-likeness (QED) is 0.657. The zero-order valence-electron chi connectivity index (χ0n) is 8.79. The van der Waals surface area contributed by atoms with E-state index in [2.05, 4.69) is 4.99 Å². The van der Waals surface area contributed by atoms with Crippen molar-refractivity contribution in [3.05, 3.63) is 12.0 Å². The molecule has 0 atom stereocenters. The van der Waals surface area contributed by atoms with Gasteiger partial charge in [-0.25, -0.2) is 0 Å². The fourth-order valence-electron chi connectivity index (χ4n) is 1.34. The van der Waals surface area contributed by atoms with E-state index in [0.29, 0.717) is 12.4 Å². The molecule has 0 amide bonds. The van der Waals surface area contributed by atoms with Gasteiger partial charge in [-0.3, -0.25) is 4.99 Å². The van der Waals surface area contributed by atoms with Gasteiger partial charge in [-0.05, 0) is 26.7 Å². The highest BCUT2D eigenvalue weighted by Crippen LogP contribution is 2.22. The van der Waals surface area contributed by atoms with Crippen LogP contribution >= 0.6 is 0 Å². The average molecular weight is 198 g/mol. The Balaban J connectivity index is 2.49. The maximum Gasteiger partial charge on any atom is 0.187 e. The molecule has 0 aromatic rings. The van der Waals surface area contributed by atoms with E-state index in [0.717, 1.165) is 18.6 Å². The molecule has 14 heavy (non-hydrogen) atoms. The van der Waals surface area contributed by atoms with Gasteiger partial charge in [-0.15, -0.1) is 0 Å². The summed E-state index contributed by atoms with van der Waals surface area (Å²) < 4.78 is 5.38. The molecule has 80 valence electrons. The molecule has 0 radical (unpaired) electrons. The summed E-state index contributed by atoms with van der Waals surface area (Å²) in [5.74, 6) is 0.427. The van der Waals surface area contributed by atoms with Gasteiger partial charge in [0, 0.05) is 19.2 Å². The smallest absolute Gasteiger partial charge is 0.187 e. The molecule has 4 heteroatoms. The van der Waals surface area contributed by atoms with Gasteiger partial charge in [0.1, 0.15) is 5.60 Å². The Morgan fingerprint density at radius 2 is 2.21 bits per heavy atom. The number of hydrogen-bond donors (Lipinski definition) is 2. The maximum atomic E-state index is 8.60. The van der Waals surface area contributed by atoms with Crippen LogP contribution in [0.25, 0.3) is 0 Å². The molecule has 4 nitrogen and oxygen atoms in total. The zero-order valence-corrected chi connectivity index (χ0v) is 8.79. The van der Waals surface area contributed by atoms with Gasteiger partial charge in [-0.2, -0.15) is 0 Å². The SMILES string of the molecule is CC1(C)OC(N)=CC1=NCCCCO. The predicted octanol–water partition coefficient (Wildman–Crippen LogP) is 0.809. The van der Waals surface area contributed by atoms with E-state index in [4.69, 9.17) is 15.6 Å². The van der Waals surface area contributed by atoms with Crippen molar-refractivity contribution in [1.29, 1.82) is 0 Å². The minimum atomic E-state index is -0.400. The predicted molar refractivity (Wildman–Crippen MR) is 56.1 cm³/mol. The number of unbranched alkanes of at least 4 members (excludes halogenated alkanes) is 1. The lowest BCUT2D eigenvalue weighted by molar-refractivity contribution is 0.107. The van der Waals surface area contributed by atoms with Gasteiger partial charge >= 0.3 is 0 Å². The highest BCUT2D eigenvalue weighted by Gasteiger charge is 2.31. The first kappa shape index (κ1) is 11.0. The van der Waals surface area contributed by atoms with Crippen molar-refractivity contribution >= 4 is 5.71 Å². The minimum absolute atomic E-state index is 0.225. The molecule has 0 saturated heterocycles. The zero-order chi connectivity index (χ0) is 10.6. The number of hydrogen-bond acceptors (Lipinski definition) is 4. The van der Waals surface area contributed by atoms with Gasteiger partial charge in [0.2, 0.25) is 0 Å². The number of ether oxygens (including phenoxy) is 1. The number of nitrogens with two attached hydrogens (primary N) is 1. The summed E-state index contributed by atoms with van der Waals surface area (Å²) in [5, 5.41) is 8.60. The molecule has 0 aromatic carbocycles. The van der Waals surface area contributed by atoms with Crippen molar-refractivity contribution in [2.75, 3.05) is 13.2 Å². The summed E-state index contributed by atoms with van der Waals surface area (Å²) in [4.78, 5) is 4.39. The van der Waals surface area contributed by atoms with Crippen LogP contribution in [-0.4, -0.2) is 29.6 Å². The van der Waals surface area contributed by atoms with Crippen LogP contribution in [0.1, 0.15) is 26.7 Å². The molecule has 3 N–H and O–H groups in total. The summed E-state index contributed by atoms with van der Waals surface area (Å²) in [5.41, 5.74) is 6.03. The van der Waals surface area contributed by atoms with E-state index < -0.39 is 5.60 Å². The summed E-state index contributed by atoms with van der Waals surface area (Å²) in [6.45, 7) is 4.82. The second-order valence-corrected chi connectivity index (χ2v) is 3.86. The molecular formula is C10H18N2O2. The molecule has 1 heterocycles. The molecule has 0 aliphatic carbocycles. The lowest BCUT2D eigenvalue weighted by atomic mass is 10.0. The van der Waals surface area contributed by atoms with E-state index in [9.17, 15) is 0 Å². The maximum absolute atomic E-state index is 8.60.